The van der Waals surface area contributed by atoms with Crippen LogP contribution in [0, 0.1) is 11.3 Å². The van der Waals surface area contributed by atoms with Gasteiger partial charge in [0.15, 0.2) is 11.5 Å². The number of imide groups is 1. The van der Waals surface area contributed by atoms with E-state index in [4.69, 9.17) is 9.47 Å². The maximum atomic E-state index is 12.6. The summed E-state index contributed by atoms with van der Waals surface area (Å²) in [6.07, 6.45) is 12.5. The van der Waals surface area contributed by atoms with Crippen molar-refractivity contribution in [1.82, 2.24) is 5.32 Å². The number of carbonyl (C=O) groups is 2. The number of allylic oxidation sites excluding steroid dienone is 2. The lowest BCUT2D eigenvalue weighted by atomic mass is 9.70. The molecule has 1 saturated heterocycles. The zero-order valence-electron chi connectivity index (χ0n) is 14.9. The van der Waals surface area contributed by atoms with Gasteiger partial charge in [-0.15, -0.1) is 0 Å². The Morgan fingerprint density at radius 1 is 1.15 bits per heavy atom. The van der Waals surface area contributed by atoms with Gasteiger partial charge in [-0.25, -0.2) is 0 Å². The molecular formula is C21H23NO4. The highest BCUT2D eigenvalue weighted by Gasteiger charge is 2.53. The second-order valence-corrected chi connectivity index (χ2v) is 7.27. The van der Waals surface area contributed by atoms with Crippen LogP contribution >= 0.6 is 0 Å². The lowest BCUT2D eigenvalue weighted by molar-refractivity contribution is -0.127. The summed E-state index contributed by atoms with van der Waals surface area (Å²) in [4.78, 5) is 24.7. The summed E-state index contributed by atoms with van der Waals surface area (Å²) in [5.41, 5.74) is 0.0963. The Hall–Kier alpha value is -2.56. The third kappa shape index (κ3) is 2.81. The molecule has 5 nitrogen and oxygen atoms in total. The molecule has 4 rings (SSSR count). The number of nitrogens with one attached hydrogen (secondary N) is 1. The Kier molecular flexibility index (Phi) is 4.31. The van der Waals surface area contributed by atoms with E-state index in [9.17, 15) is 9.59 Å². The molecule has 1 aromatic carbocycles. The Morgan fingerprint density at radius 2 is 1.96 bits per heavy atom. The molecule has 1 aromatic rings. The third-order valence-electron chi connectivity index (χ3n) is 5.63. The Balaban J connectivity index is 1.63. The number of rotatable bonds is 5. The number of carbonyl (C=O) groups excluding carboxylic acids is 2. The smallest absolute Gasteiger partial charge is 0.238 e. The summed E-state index contributed by atoms with van der Waals surface area (Å²) in [7, 11) is 1.63. The maximum Gasteiger partial charge on any atom is 0.238 e. The number of amides is 2. The van der Waals surface area contributed by atoms with Crippen LogP contribution in [-0.4, -0.2) is 25.0 Å². The van der Waals surface area contributed by atoms with Crippen LogP contribution in [0.25, 0.3) is 0 Å². The Labute approximate surface area is 153 Å². The van der Waals surface area contributed by atoms with Crippen LogP contribution in [0.4, 0.5) is 0 Å². The monoisotopic (exact) mass is 353 g/mol. The fraction of sp³-hybridized carbons (Fsp3) is 0.429. The minimum Gasteiger partial charge on any atom is -0.493 e. The molecule has 0 aromatic heterocycles. The molecule has 0 radical (unpaired) electrons. The molecule has 26 heavy (non-hydrogen) atoms. The van der Waals surface area contributed by atoms with Crippen molar-refractivity contribution in [2.24, 2.45) is 11.3 Å². The molecule has 2 aliphatic carbocycles. The van der Waals surface area contributed by atoms with Gasteiger partial charge >= 0.3 is 0 Å². The van der Waals surface area contributed by atoms with Crippen LogP contribution in [0.1, 0.15) is 31.2 Å². The zero-order valence-corrected chi connectivity index (χ0v) is 14.9. The average Bonchev–Trinajstić information content (AvgIpc) is 3.23. The van der Waals surface area contributed by atoms with E-state index in [1.54, 1.807) is 13.2 Å². The van der Waals surface area contributed by atoms with Crippen molar-refractivity contribution >= 4 is 11.8 Å². The number of fused-ring (bicyclic) bond motifs is 1. The first-order chi connectivity index (χ1) is 12.6. The zero-order chi connectivity index (χ0) is 18.1. The van der Waals surface area contributed by atoms with Crippen LogP contribution in [0.2, 0.25) is 0 Å². The second kappa shape index (κ2) is 6.63. The first-order valence-electron chi connectivity index (χ1n) is 9.17. The highest BCUT2D eigenvalue weighted by molar-refractivity contribution is 6.09. The maximum absolute atomic E-state index is 12.6. The second-order valence-electron chi connectivity index (χ2n) is 7.27. The van der Waals surface area contributed by atoms with Crippen molar-refractivity contribution in [1.29, 1.82) is 0 Å². The quantitative estimate of drug-likeness (QED) is 0.827. The van der Waals surface area contributed by atoms with E-state index in [2.05, 4.69) is 5.32 Å². The molecule has 0 spiro atoms. The van der Waals surface area contributed by atoms with Crippen LogP contribution < -0.4 is 14.8 Å². The Bertz CT molecular complexity index is 791. The van der Waals surface area contributed by atoms with Crippen molar-refractivity contribution in [2.45, 2.75) is 38.2 Å². The van der Waals surface area contributed by atoms with E-state index in [0.29, 0.717) is 17.9 Å². The van der Waals surface area contributed by atoms with Crippen molar-refractivity contribution in [3.63, 3.8) is 0 Å². The minimum absolute atomic E-state index is 0.221. The van der Waals surface area contributed by atoms with Gasteiger partial charge in [-0.2, -0.15) is 0 Å². The topological polar surface area (TPSA) is 64.6 Å². The van der Waals surface area contributed by atoms with Crippen molar-refractivity contribution in [3.05, 3.63) is 48.1 Å². The van der Waals surface area contributed by atoms with Gasteiger partial charge in [-0.3, -0.25) is 14.9 Å². The number of ether oxygens (including phenoxy) is 2. The number of hydrogen-bond acceptors (Lipinski definition) is 4. The molecule has 1 heterocycles. The van der Waals surface area contributed by atoms with Crippen molar-refractivity contribution in [2.75, 3.05) is 7.11 Å². The Morgan fingerprint density at radius 3 is 2.73 bits per heavy atom. The first-order valence-corrected chi connectivity index (χ1v) is 9.17. The summed E-state index contributed by atoms with van der Waals surface area (Å²) in [6.45, 7) is 0. The molecule has 136 valence electrons. The van der Waals surface area contributed by atoms with Crippen LogP contribution in [0.15, 0.2) is 42.5 Å². The van der Waals surface area contributed by atoms with E-state index in [-0.39, 0.29) is 17.9 Å². The van der Waals surface area contributed by atoms with Crippen molar-refractivity contribution < 1.29 is 19.1 Å². The molecule has 2 fully saturated rings. The van der Waals surface area contributed by atoms with E-state index in [0.717, 1.165) is 18.4 Å². The van der Waals surface area contributed by atoms with Crippen LogP contribution in [0.5, 0.6) is 11.5 Å². The van der Waals surface area contributed by atoms with E-state index in [1.165, 1.54) is 12.8 Å². The normalized spacial score (nSPS) is 27.5. The molecule has 1 aliphatic heterocycles. The summed E-state index contributed by atoms with van der Waals surface area (Å²) in [6, 6.07) is 5.77. The van der Waals surface area contributed by atoms with E-state index < -0.39 is 11.3 Å². The van der Waals surface area contributed by atoms with Gasteiger partial charge in [0.25, 0.3) is 0 Å². The number of hydrogen-bond donors (Lipinski definition) is 1. The molecule has 0 unspecified atom stereocenters. The lowest BCUT2D eigenvalue weighted by Crippen LogP contribution is -2.35. The summed E-state index contributed by atoms with van der Waals surface area (Å²) in [5, 5.41) is 2.48. The molecule has 2 atom stereocenters. The summed E-state index contributed by atoms with van der Waals surface area (Å²) < 4.78 is 11.6. The van der Waals surface area contributed by atoms with Crippen LogP contribution in [-0.2, 0) is 16.0 Å². The fourth-order valence-electron chi connectivity index (χ4n) is 4.22. The van der Waals surface area contributed by atoms with Gasteiger partial charge in [0.05, 0.1) is 24.5 Å². The van der Waals surface area contributed by atoms with Gasteiger partial charge in [0, 0.05) is 0 Å². The highest BCUT2D eigenvalue weighted by Crippen LogP contribution is 2.42. The van der Waals surface area contributed by atoms with Gasteiger partial charge < -0.3 is 9.47 Å². The van der Waals surface area contributed by atoms with Crippen LogP contribution in [0.3, 0.4) is 0 Å². The standard InChI is InChI=1S/C21H23NO4/c1-25-17-10-9-14(12-18(17)26-15-6-2-3-7-15)13-21-11-5-4-8-16(21)19(23)22-20(21)24/h4-5,8-12,15-16H,2-3,6-7,13H2,1H3,(H,22,23,24)/t16-,21-/m0/s1. The average molecular weight is 353 g/mol. The fourth-order valence-corrected chi connectivity index (χ4v) is 4.22. The first kappa shape index (κ1) is 16.9. The van der Waals surface area contributed by atoms with Gasteiger partial charge in [-0.1, -0.05) is 30.4 Å². The summed E-state index contributed by atoms with van der Waals surface area (Å²) in [5.74, 6) is 0.487. The minimum atomic E-state index is -0.856. The lowest BCUT2D eigenvalue weighted by Gasteiger charge is -2.28. The largest absolute Gasteiger partial charge is 0.493 e. The molecule has 2 amide bonds. The number of methoxy groups -OCH3 is 1. The van der Waals surface area contributed by atoms with E-state index in [1.807, 2.05) is 36.4 Å². The molecule has 1 saturated carbocycles. The predicted octanol–water partition coefficient (Wildman–Crippen LogP) is 2.94. The molecule has 5 heteroatoms. The third-order valence-corrected chi connectivity index (χ3v) is 5.63. The number of benzene rings is 1. The summed E-state index contributed by atoms with van der Waals surface area (Å²) >= 11 is 0. The van der Waals surface area contributed by atoms with Gasteiger partial charge in [0.1, 0.15) is 0 Å². The molecule has 3 aliphatic rings. The van der Waals surface area contributed by atoms with Crippen molar-refractivity contribution in [3.8, 4) is 11.5 Å². The predicted molar refractivity (Wildman–Crippen MR) is 96.9 cm³/mol. The molecular weight excluding hydrogens is 330 g/mol. The highest BCUT2D eigenvalue weighted by atomic mass is 16.5. The van der Waals surface area contributed by atoms with Gasteiger partial charge in [0.2, 0.25) is 11.8 Å². The SMILES string of the molecule is COc1ccc(C[C@@]23C=CC=C[C@H]2C(=O)NC3=O)cc1OC1CCCC1. The molecule has 0 bridgehead atoms. The van der Waals surface area contributed by atoms with E-state index >= 15 is 0 Å². The molecule has 1 N–H and O–H groups in total. The van der Waals surface area contributed by atoms with Gasteiger partial charge in [-0.05, 0) is 49.8 Å².